The molecule has 1 aliphatic rings. The molecule has 172 valence electrons. The predicted octanol–water partition coefficient (Wildman–Crippen LogP) is 5.45. The van der Waals surface area contributed by atoms with Gasteiger partial charge in [0.2, 0.25) is 5.76 Å². The van der Waals surface area contributed by atoms with Crippen LogP contribution in [-0.2, 0) is 4.74 Å². The Bertz CT molecular complexity index is 1540. The first kappa shape index (κ1) is 22.3. The van der Waals surface area contributed by atoms with E-state index in [1.807, 2.05) is 13.0 Å². The van der Waals surface area contributed by atoms with Gasteiger partial charge in [0.1, 0.15) is 10.5 Å². The van der Waals surface area contributed by atoms with Crippen molar-refractivity contribution in [2.24, 2.45) is 0 Å². The Morgan fingerprint density at radius 1 is 1.21 bits per heavy atom. The molecule has 5 rings (SSSR count). The maximum atomic E-state index is 13.7. The van der Waals surface area contributed by atoms with Crippen molar-refractivity contribution < 1.29 is 18.7 Å². The molecule has 3 heterocycles. The van der Waals surface area contributed by atoms with Crippen molar-refractivity contribution in [3.63, 3.8) is 0 Å². The summed E-state index contributed by atoms with van der Waals surface area (Å²) in [6, 6.07) is 11.4. The minimum Gasteiger partial charge on any atom is -0.462 e. The van der Waals surface area contributed by atoms with E-state index in [-0.39, 0.29) is 28.5 Å². The third-order valence-corrected chi connectivity index (χ3v) is 7.01. The lowest BCUT2D eigenvalue weighted by Gasteiger charge is -2.22. The maximum absolute atomic E-state index is 13.7. The van der Waals surface area contributed by atoms with Gasteiger partial charge in [0.05, 0.1) is 29.3 Å². The molecule has 4 aromatic rings. The van der Waals surface area contributed by atoms with E-state index >= 15 is 0 Å². The molecule has 1 atom stereocenters. The number of rotatable bonds is 4. The van der Waals surface area contributed by atoms with E-state index in [0.29, 0.717) is 32.1 Å². The van der Waals surface area contributed by atoms with Crippen LogP contribution < -0.4 is 10.3 Å². The normalized spacial score (nSPS) is 15.1. The van der Waals surface area contributed by atoms with Crippen LogP contribution in [0.15, 0.2) is 51.7 Å². The fourth-order valence-corrected chi connectivity index (χ4v) is 5.33. The number of thiazole rings is 1. The van der Waals surface area contributed by atoms with E-state index in [2.05, 4.69) is 4.98 Å². The van der Waals surface area contributed by atoms with E-state index in [9.17, 15) is 14.4 Å². The summed E-state index contributed by atoms with van der Waals surface area (Å²) in [5, 5.41) is 1.12. The fraction of sp³-hybridized carbons (Fsp3) is 0.200. The van der Waals surface area contributed by atoms with Gasteiger partial charge >= 0.3 is 5.97 Å². The first-order chi connectivity index (χ1) is 16.3. The third kappa shape index (κ3) is 3.50. The molecule has 2 aromatic heterocycles. The molecule has 34 heavy (non-hydrogen) atoms. The molecular formula is C25H19ClN2O5S. The number of anilines is 1. The molecule has 2 aromatic carbocycles. The third-order valence-electron chi connectivity index (χ3n) is 5.64. The number of aryl methyl sites for hydroxylation is 2. The number of benzene rings is 2. The highest BCUT2D eigenvalue weighted by Crippen LogP contribution is 2.43. The summed E-state index contributed by atoms with van der Waals surface area (Å²) in [6.45, 7) is 5.49. The van der Waals surface area contributed by atoms with Gasteiger partial charge in [-0.2, -0.15) is 0 Å². The highest BCUT2D eigenvalue weighted by molar-refractivity contribution is 7.17. The Kier molecular flexibility index (Phi) is 5.50. The molecule has 0 saturated heterocycles. The van der Waals surface area contributed by atoms with Gasteiger partial charge < -0.3 is 9.15 Å². The van der Waals surface area contributed by atoms with Crippen molar-refractivity contribution in [2.75, 3.05) is 11.5 Å². The van der Waals surface area contributed by atoms with Crippen LogP contribution in [0.1, 0.15) is 55.6 Å². The molecule has 9 heteroatoms. The summed E-state index contributed by atoms with van der Waals surface area (Å²) < 4.78 is 11.1. The van der Waals surface area contributed by atoms with Crippen molar-refractivity contribution in [1.29, 1.82) is 0 Å². The molecule has 0 bridgehead atoms. The number of fused-ring (bicyclic) bond motifs is 2. The minimum atomic E-state index is -0.817. The lowest BCUT2D eigenvalue weighted by molar-refractivity contribution is 0.0531. The SMILES string of the molecule is CCOC(=O)c1sc(N2C(=O)c3oc4ccc(C)cc4c(=O)c3C2c2cccc(Cl)c2)nc1C. The summed E-state index contributed by atoms with van der Waals surface area (Å²) in [4.78, 5) is 45.9. The number of nitrogens with zero attached hydrogens (tertiary/aromatic N) is 2. The van der Waals surface area contributed by atoms with Gasteiger partial charge in [-0.25, -0.2) is 9.78 Å². The monoisotopic (exact) mass is 494 g/mol. The van der Waals surface area contributed by atoms with Crippen molar-refractivity contribution in [3.05, 3.63) is 90.7 Å². The van der Waals surface area contributed by atoms with E-state index in [1.54, 1.807) is 50.2 Å². The highest BCUT2D eigenvalue weighted by Gasteiger charge is 2.45. The van der Waals surface area contributed by atoms with Crippen LogP contribution >= 0.6 is 22.9 Å². The van der Waals surface area contributed by atoms with Gasteiger partial charge in [-0.1, -0.05) is 46.7 Å². The number of halogens is 1. The smallest absolute Gasteiger partial charge is 0.350 e. The van der Waals surface area contributed by atoms with Crippen molar-refractivity contribution in [3.8, 4) is 0 Å². The maximum Gasteiger partial charge on any atom is 0.350 e. The van der Waals surface area contributed by atoms with E-state index in [1.165, 1.54) is 4.90 Å². The molecule has 0 fully saturated rings. The molecule has 1 unspecified atom stereocenters. The zero-order valence-corrected chi connectivity index (χ0v) is 20.1. The number of carbonyl (C=O) groups is 2. The number of carbonyl (C=O) groups excluding carboxylic acids is 2. The number of ether oxygens (including phenoxy) is 1. The molecule has 7 nitrogen and oxygen atoms in total. The lowest BCUT2D eigenvalue weighted by atomic mass is 9.98. The Morgan fingerprint density at radius 2 is 2.00 bits per heavy atom. The lowest BCUT2D eigenvalue weighted by Crippen LogP contribution is -2.29. The summed E-state index contributed by atoms with van der Waals surface area (Å²) in [6.07, 6.45) is 0. The van der Waals surface area contributed by atoms with Crippen LogP contribution in [0.5, 0.6) is 0 Å². The van der Waals surface area contributed by atoms with Gasteiger partial charge in [-0.15, -0.1) is 0 Å². The van der Waals surface area contributed by atoms with Gasteiger partial charge in [0, 0.05) is 5.02 Å². The molecular weight excluding hydrogens is 476 g/mol. The van der Waals surface area contributed by atoms with Crippen molar-refractivity contribution in [2.45, 2.75) is 26.8 Å². The van der Waals surface area contributed by atoms with Crippen molar-refractivity contribution >= 4 is 50.9 Å². The Morgan fingerprint density at radius 3 is 2.74 bits per heavy atom. The van der Waals surface area contributed by atoms with Gasteiger partial charge in [0.15, 0.2) is 10.6 Å². The quantitative estimate of drug-likeness (QED) is 0.351. The van der Waals surface area contributed by atoms with Crippen LogP contribution in [-0.4, -0.2) is 23.5 Å². The van der Waals surface area contributed by atoms with E-state index in [0.717, 1.165) is 16.9 Å². The second-order valence-corrected chi connectivity index (χ2v) is 9.35. The van der Waals surface area contributed by atoms with E-state index < -0.39 is 17.9 Å². The zero-order chi connectivity index (χ0) is 24.1. The van der Waals surface area contributed by atoms with E-state index in [4.69, 9.17) is 20.8 Å². The summed E-state index contributed by atoms with van der Waals surface area (Å²) in [7, 11) is 0. The molecule has 1 aliphatic heterocycles. The first-order valence-corrected chi connectivity index (χ1v) is 11.8. The zero-order valence-electron chi connectivity index (χ0n) is 18.5. The van der Waals surface area contributed by atoms with Crippen LogP contribution in [0.2, 0.25) is 5.02 Å². The molecule has 0 saturated carbocycles. The fourth-order valence-electron chi connectivity index (χ4n) is 4.15. The number of hydrogen-bond donors (Lipinski definition) is 0. The summed E-state index contributed by atoms with van der Waals surface area (Å²) in [5.74, 6) is -1.07. The minimum absolute atomic E-state index is 0.0446. The van der Waals surface area contributed by atoms with Crippen LogP contribution in [0.3, 0.4) is 0 Å². The second kappa shape index (κ2) is 8.38. The topological polar surface area (TPSA) is 89.7 Å². The average Bonchev–Trinajstić information content (AvgIpc) is 3.32. The van der Waals surface area contributed by atoms with Crippen LogP contribution in [0.25, 0.3) is 11.0 Å². The number of esters is 1. The highest BCUT2D eigenvalue weighted by atomic mass is 35.5. The Hall–Kier alpha value is -3.49. The molecule has 0 N–H and O–H groups in total. The van der Waals surface area contributed by atoms with Gasteiger partial charge in [-0.3, -0.25) is 14.5 Å². The summed E-state index contributed by atoms with van der Waals surface area (Å²) in [5.41, 5.74) is 2.22. The van der Waals surface area contributed by atoms with Crippen LogP contribution in [0, 0.1) is 13.8 Å². The summed E-state index contributed by atoms with van der Waals surface area (Å²) >= 11 is 7.30. The predicted molar refractivity (Wildman–Crippen MR) is 130 cm³/mol. The number of amides is 1. The molecule has 0 aliphatic carbocycles. The van der Waals surface area contributed by atoms with Gasteiger partial charge in [-0.05, 0) is 50.6 Å². The van der Waals surface area contributed by atoms with Crippen LogP contribution in [0.4, 0.5) is 5.13 Å². The Balaban J connectivity index is 1.76. The number of aromatic nitrogens is 1. The van der Waals surface area contributed by atoms with Crippen molar-refractivity contribution in [1.82, 2.24) is 4.98 Å². The second-order valence-electron chi connectivity index (χ2n) is 7.94. The first-order valence-electron chi connectivity index (χ1n) is 10.6. The molecule has 0 spiro atoms. The van der Waals surface area contributed by atoms with Gasteiger partial charge in [0.25, 0.3) is 5.91 Å². The number of hydrogen-bond acceptors (Lipinski definition) is 7. The average molecular weight is 495 g/mol. The molecule has 1 amide bonds. The Labute approximate surface area is 203 Å². The largest absolute Gasteiger partial charge is 0.462 e. The molecule has 0 radical (unpaired) electrons. The standard InChI is InChI=1S/C25H19ClN2O5S/c1-4-32-24(31)22-13(3)27-25(34-22)28-19(14-6-5-7-15(26)11-14)18-20(29)16-10-12(2)8-9-17(16)33-21(18)23(28)30/h5-11,19H,4H2,1-3H3.